The highest BCUT2D eigenvalue weighted by molar-refractivity contribution is 7.98. The van der Waals surface area contributed by atoms with Gasteiger partial charge in [-0.05, 0) is 49.8 Å². The summed E-state index contributed by atoms with van der Waals surface area (Å²) < 4.78 is 3.44. The molecule has 0 saturated heterocycles. The zero-order chi connectivity index (χ0) is 22.9. The maximum Gasteiger partial charge on any atom is 0.263 e. The molecule has 8 heteroatoms. The van der Waals surface area contributed by atoms with Crippen LogP contribution in [0, 0.1) is 6.92 Å². The quantitative estimate of drug-likeness (QED) is 0.199. The molecule has 0 aromatic carbocycles. The summed E-state index contributed by atoms with van der Waals surface area (Å²) in [6.45, 7) is 4.83. The van der Waals surface area contributed by atoms with E-state index < -0.39 is 0 Å². The smallest absolute Gasteiger partial charge is 0.263 e. The fourth-order valence-electron chi connectivity index (χ4n) is 4.58. The number of thioether (sulfide) groups is 1. The van der Waals surface area contributed by atoms with Crippen molar-refractivity contribution in [2.45, 2.75) is 76.2 Å². The van der Waals surface area contributed by atoms with E-state index in [1.807, 2.05) is 23.6 Å². The molecule has 172 valence electrons. The Hall–Kier alpha value is -2.45. The van der Waals surface area contributed by atoms with Gasteiger partial charge in [0.25, 0.3) is 11.1 Å². The van der Waals surface area contributed by atoms with Crippen LogP contribution in [0.4, 0.5) is 0 Å². The van der Waals surface area contributed by atoms with Crippen molar-refractivity contribution < 1.29 is 0 Å². The number of aryl methyl sites for hydroxylation is 3. The van der Waals surface area contributed by atoms with Crippen LogP contribution < -0.4 is 11.1 Å². The molecule has 0 fully saturated rings. The molecule has 33 heavy (non-hydrogen) atoms. The summed E-state index contributed by atoms with van der Waals surface area (Å²) in [4.78, 5) is 38.0. The van der Waals surface area contributed by atoms with Gasteiger partial charge in [0.15, 0.2) is 5.16 Å². The third kappa shape index (κ3) is 4.26. The summed E-state index contributed by atoms with van der Waals surface area (Å²) in [5, 5.41) is 1.57. The first kappa shape index (κ1) is 22.3. The van der Waals surface area contributed by atoms with Crippen LogP contribution in [-0.4, -0.2) is 18.9 Å². The van der Waals surface area contributed by atoms with Crippen molar-refractivity contribution in [2.24, 2.45) is 0 Å². The molecule has 0 spiro atoms. The van der Waals surface area contributed by atoms with Crippen molar-refractivity contribution in [3.05, 3.63) is 66.8 Å². The SMILES string of the molecule is CCCCCCn1c(SCc2cc(=O)n3cccc(C)c3n2)nc2sc3c(c2c1=O)CCC3. The zero-order valence-electron chi connectivity index (χ0n) is 19.1. The van der Waals surface area contributed by atoms with Gasteiger partial charge in [0.05, 0.1) is 11.1 Å². The number of unbranched alkanes of at least 4 members (excludes halogenated alkanes) is 3. The summed E-state index contributed by atoms with van der Waals surface area (Å²) >= 11 is 3.18. The molecule has 4 heterocycles. The van der Waals surface area contributed by atoms with Crippen molar-refractivity contribution in [1.82, 2.24) is 18.9 Å². The van der Waals surface area contributed by atoms with Gasteiger partial charge in [-0.1, -0.05) is 44.0 Å². The van der Waals surface area contributed by atoms with Crippen molar-refractivity contribution in [3.63, 3.8) is 0 Å². The average molecular weight is 481 g/mol. The number of aromatic nitrogens is 4. The molecule has 4 aromatic rings. The van der Waals surface area contributed by atoms with Gasteiger partial charge in [-0.2, -0.15) is 0 Å². The minimum atomic E-state index is -0.0886. The third-order valence-corrected chi connectivity index (χ3v) is 8.51. The summed E-state index contributed by atoms with van der Waals surface area (Å²) in [6.07, 6.45) is 9.32. The lowest BCUT2D eigenvalue weighted by molar-refractivity contribution is 0.531. The lowest BCUT2D eigenvalue weighted by atomic mass is 10.2. The van der Waals surface area contributed by atoms with Gasteiger partial charge in [0.2, 0.25) is 0 Å². The molecule has 0 N–H and O–H groups in total. The van der Waals surface area contributed by atoms with Gasteiger partial charge < -0.3 is 0 Å². The van der Waals surface area contributed by atoms with Crippen LogP contribution in [0.2, 0.25) is 0 Å². The largest absolute Gasteiger partial charge is 0.287 e. The van der Waals surface area contributed by atoms with E-state index in [0.29, 0.717) is 23.6 Å². The number of pyridine rings is 1. The normalized spacial score (nSPS) is 13.3. The first-order chi connectivity index (χ1) is 16.1. The summed E-state index contributed by atoms with van der Waals surface area (Å²) in [6, 6.07) is 5.40. The van der Waals surface area contributed by atoms with Gasteiger partial charge in [0.1, 0.15) is 10.5 Å². The van der Waals surface area contributed by atoms with Gasteiger partial charge >= 0.3 is 0 Å². The second-order valence-corrected chi connectivity index (χ2v) is 10.7. The Morgan fingerprint density at radius 3 is 2.88 bits per heavy atom. The Kier molecular flexibility index (Phi) is 6.38. The van der Waals surface area contributed by atoms with E-state index in [9.17, 15) is 9.59 Å². The minimum absolute atomic E-state index is 0.0886. The van der Waals surface area contributed by atoms with Crippen LogP contribution in [0.25, 0.3) is 15.9 Å². The van der Waals surface area contributed by atoms with Crippen LogP contribution in [0.1, 0.15) is 60.7 Å². The molecule has 6 nitrogen and oxygen atoms in total. The zero-order valence-corrected chi connectivity index (χ0v) is 20.7. The number of fused-ring (bicyclic) bond motifs is 4. The number of hydrogen-bond acceptors (Lipinski definition) is 6. The Morgan fingerprint density at radius 2 is 2.03 bits per heavy atom. The third-order valence-electron chi connectivity index (χ3n) is 6.31. The first-order valence-corrected chi connectivity index (χ1v) is 13.5. The molecular weight excluding hydrogens is 452 g/mol. The van der Waals surface area contributed by atoms with Crippen LogP contribution >= 0.6 is 23.1 Å². The average Bonchev–Trinajstić information content (AvgIpc) is 3.38. The number of hydrogen-bond donors (Lipinski definition) is 0. The molecule has 0 bridgehead atoms. The fraction of sp³-hybridized carbons (Fsp3) is 0.440. The van der Waals surface area contributed by atoms with E-state index in [-0.39, 0.29) is 11.1 Å². The monoisotopic (exact) mass is 480 g/mol. The highest BCUT2D eigenvalue weighted by atomic mass is 32.2. The van der Waals surface area contributed by atoms with E-state index in [0.717, 1.165) is 59.5 Å². The van der Waals surface area contributed by atoms with E-state index >= 15 is 0 Å². The lowest BCUT2D eigenvalue weighted by Gasteiger charge is -2.12. The van der Waals surface area contributed by atoms with E-state index in [2.05, 4.69) is 6.92 Å². The molecule has 0 atom stereocenters. The van der Waals surface area contributed by atoms with Gasteiger partial charge in [-0.3, -0.25) is 18.6 Å². The molecule has 1 aliphatic carbocycles. The van der Waals surface area contributed by atoms with Crippen molar-refractivity contribution in [2.75, 3.05) is 0 Å². The number of rotatable bonds is 8. The summed E-state index contributed by atoms with van der Waals surface area (Å²) in [7, 11) is 0. The Labute approximate surface area is 200 Å². The van der Waals surface area contributed by atoms with E-state index in [1.165, 1.54) is 28.6 Å². The molecule has 0 saturated carbocycles. The van der Waals surface area contributed by atoms with E-state index in [4.69, 9.17) is 9.97 Å². The molecule has 0 aliphatic heterocycles. The minimum Gasteiger partial charge on any atom is -0.287 e. The van der Waals surface area contributed by atoms with Gasteiger partial charge in [-0.25, -0.2) is 9.97 Å². The van der Waals surface area contributed by atoms with Crippen molar-refractivity contribution in [3.8, 4) is 0 Å². The van der Waals surface area contributed by atoms with Crippen molar-refractivity contribution in [1.29, 1.82) is 0 Å². The van der Waals surface area contributed by atoms with Crippen LogP contribution in [0.5, 0.6) is 0 Å². The number of thiophene rings is 1. The lowest BCUT2D eigenvalue weighted by Crippen LogP contribution is -2.23. The van der Waals surface area contributed by atoms with Crippen LogP contribution in [0.3, 0.4) is 0 Å². The fourth-order valence-corrected chi connectivity index (χ4v) is 6.80. The maximum absolute atomic E-state index is 13.6. The second-order valence-electron chi connectivity index (χ2n) is 8.71. The predicted octanol–water partition coefficient (Wildman–Crippen LogP) is 5.14. The Morgan fingerprint density at radius 1 is 1.15 bits per heavy atom. The topological polar surface area (TPSA) is 69.3 Å². The molecule has 0 unspecified atom stereocenters. The van der Waals surface area contributed by atoms with Gasteiger partial charge in [-0.15, -0.1) is 11.3 Å². The summed E-state index contributed by atoms with van der Waals surface area (Å²) in [5.74, 6) is 0.498. The van der Waals surface area contributed by atoms with Crippen LogP contribution in [-0.2, 0) is 25.1 Å². The highest BCUT2D eigenvalue weighted by Gasteiger charge is 2.23. The second kappa shape index (κ2) is 9.43. The molecule has 1 aliphatic rings. The van der Waals surface area contributed by atoms with Crippen molar-refractivity contribution >= 4 is 39.0 Å². The Bertz CT molecular complexity index is 1450. The molecular formula is C25H28N4O2S2. The highest BCUT2D eigenvalue weighted by Crippen LogP contribution is 2.36. The maximum atomic E-state index is 13.6. The molecule has 0 amide bonds. The molecule has 5 rings (SSSR count). The van der Waals surface area contributed by atoms with Gasteiger partial charge in [0, 0.05) is 29.4 Å². The molecule has 0 radical (unpaired) electrons. The standard InChI is InChI=1S/C25H28N4O2S2/c1-3-4-5-6-12-29-24(31)21-18-10-7-11-19(18)33-23(21)27-25(29)32-15-17-14-20(30)28-13-8-9-16(2)22(28)26-17/h8-9,13-14H,3-7,10-12,15H2,1-2H3. The van der Waals surface area contributed by atoms with Crippen LogP contribution in [0.15, 0.2) is 39.1 Å². The van der Waals surface area contributed by atoms with E-state index in [1.54, 1.807) is 28.0 Å². The first-order valence-electron chi connectivity index (χ1n) is 11.7. The number of nitrogens with zero attached hydrogens (tertiary/aromatic N) is 4. The molecule has 4 aromatic heterocycles. The Balaban J connectivity index is 1.50. The summed E-state index contributed by atoms with van der Waals surface area (Å²) in [5.41, 5.74) is 3.58. The predicted molar refractivity (Wildman–Crippen MR) is 136 cm³/mol.